The third-order valence-corrected chi connectivity index (χ3v) is 14.6. The number of nitrogens with zero attached hydrogens (tertiary/aromatic N) is 3. The first-order chi connectivity index (χ1) is 36.4. The Morgan fingerprint density at radius 3 is 2.33 bits per heavy atom. The number of carbonyl (C=O) groups is 7. The second kappa shape index (κ2) is 21.6. The number of aliphatic hydroxyl groups is 2. The molecule has 396 valence electrons. The number of nitrogens with one attached hydrogen (secondary N) is 5. The maximum Gasteiger partial charge on any atom is 0.343 e. The number of rotatable bonds is 19. The molecule has 21 heteroatoms. The second-order valence-corrected chi connectivity index (χ2v) is 19.7. The number of cyclic esters (lactones) is 1. The van der Waals surface area contributed by atoms with E-state index in [-0.39, 0.29) is 62.8 Å². The van der Waals surface area contributed by atoms with Crippen LogP contribution in [-0.4, -0.2) is 106 Å². The van der Waals surface area contributed by atoms with Gasteiger partial charge in [-0.25, -0.2) is 14.2 Å². The third-order valence-electron chi connectivity index (χ3n) is 14.6. The molecule has 0 spiro atoms. The van der Waals surface area contributed by atoms with Crippen LogP contribution in [0.15, 0.2) is 83.7 Å². The van der Waals surface area contributed by atoms with Gasteiger partial charge >= 0.3 is 5.97 Å². The molecule has 2 aromatic heterocycles. The number of anilines is 1. The highest BCUT2D eigenvalue weighted by atomic mass is 19.1. The number of hydrogen-bond acceptors (Lipinski definition) is 13. The van der Waals surface area contributed by atoms with E-state index in [1.807, 2.05) is 6.92 Å². The molecule has 0 saturated carbocycles. The van der Waals surface area contributed by atoms with Gasteiger partial charge in [0.1, 0.15) is 25.2 Å². The molecular formula is C55H57FN8O12. The lowest BCUT2D eigenvalue weighted by atomic mass is 9.69. The van der Waals surface area contributed by atoms with Crippen molar-refractivity contribution in [3.8, 4) is 11.4 Å². The summed E-state index contributed by atoms with van der Waals surface area (Å²) in [7, 11) is 0. The van der Waals surface area contributed by atoms with E-state index in [4.69, 9.17) is 14.5 Å². The number of esters is 1. The lowest BCUT2D eigenvalue weighted by Crippen LogP contribution is -2.52. The average Bonchev–Trinajstić information content (AvgIpc) is 3.96. The van der Waals surface area contributed by atoms with Crippen molar-refractivity contribution >= 4 is 58.0 Å². The second-order valence-electron chi connectivity index (χ2n) is 19.7. The Balaban J connectivity index is 0.777. The number of carbonyl (C=O) groups excluding carboxylic acids is 7. The molecule has 0 radical (unpaired) electrons. The lowest BCUT2D eigenvalue weighted by Gasteiger charge is -2.37. The molecule has 0 bridgehead atoms. The van der Waals surface area contributed by atoms with Crippen LogP contribution in [-0.2, 0) is 86.5 Å². The van der Waals surface area contributed by atoms with E-state index in [2.05, 4.69) is 26.6 Å². The van der Waals surface area contributed by atoms with E-state index in [0.29, 0.717) is 53.0 Å². The number of pyridine rings is 2. The largest absolute Gasteiger partial charge is 0.458 e. The van der Waals surface area contributed by atoms with Crippen molar-refractivity contribution in [2.45, 2.75) is 95.7 Å². The molecule has 3 aromatic carbocycles. The van der Waals surface area contributed by atoms with Gasteiger partial charge in [-0.3, -0.25) is 38.5 Å². The predicted molar refractivity (Wildman–Crippen MR) is 272 cm³/mol. The van der Waals surface area contributed by atoms with Crippen LogP contribution in [0.5, 0.6) is 0 Å². The Labute approximate surface area is 435 Å². The molecule has 0 fully saturated rings. The van der Waals surface area contributed by atoms with Crippen molar-refractivity contribution in [3.63, 3.8) is 0 Å². The number of halogens is 1. The van der Waals surface area contributed by atoms with Crippen molar-refractivity contribution in [2.24, 2.45) is 0 Å². The van der Waals surface area contributed by atoms with Gasteiger partial charge < -0.3 is 50.8 Å². The monoisotopic (exact) mass is 1040 g/mol. The fraction of sp³-hybridized carbons (Fsp3) is 0.364. The Morgan fingerprint density at radius 1 is 0.895 bits per heavy atom. The van der Waals surface area contributed by atoms with Crippen molar-refractivity contribution in [1.82, 2.24) is 36.1 Å². The topological polar surface area (TPSA) is 277 Å². The molecule has 1 aliphatic carbocycles. The summed E-state index contributed by atoms with van der Waals surface area (Å²) in [6.07, 6.45) is 3.05. The zero-order valence-electron chi connectivity index (χ0n) is 42.0. The summed E-state index contributed by atoms with van der Waals surface area (Å²) in [5.41, 5.74) is 3.15. The summed E-state index contributed by atoms with van der Waals surface area (Å²) in [4.78, 5) is 110. The van der Waals surface area contributed by atoms with Crippen LogP contribution in [0.25, 0.3) is 22.3 Å². The van der Waals surface area contributed by atoms with Crippen molar-refractivity contribution in [3.05, 3.63) is 140 Å². The highest BCUT2D eigenvalue weighted by Crippen LogP contribution is 2.49. The minimum atomic E-state index is -2.03. The fourth-order valence-corrected chi connectivity index (χ4v) is 10.4. The minimum absolute atomic E-state index is 0.0292. The van der Waals surface area contributed by atoms with E-state index in [1.165, 1.54) is 27.7 Å². The Morgan fingerprint density at radius 2 is 1.61 bits per heavy atom. The van der Waals surface area contributed by atoms with Crippen molar-refractivity contribution in [1.29, 1.82) is 0 Å². The van der Waals surface area contributed by atoms with Crippen LogP contribution in [0.3, 0.4) is 0 Å². The van der Waals surface area contributed by atoms with Crippen LogP contribution >= 0.6 is 0 Å². The van der Waals surface area contributed by atoms with Crippen molar-refractivity contribution in [2.75, 3.05) is 37.9 Å². The molecule has 9 rings (SSSR count). The minimum Gasteiger partial charge on any atom is -0.458 e. The molecule has 5 aromatic rings. The van der Waals surface area contributed by atoms with Crippen molar-refractivity contribution < 1.29 is 57.6 Å². The van der Waals surface area contributed by atoms with Crippen LogP contribution in [0.2, 0.25) is 0 Å². The number of aryl methyl sites for hydroxylation is 2. The van der Waals surface area contributed by atoms with Gasteiger partial charge in [0.05, 0.1) is 55.3 Å². The first-order valence-electron chi connectivity index (χ1n) is 25.0. The SMILES string of the molecule is CC[C@@]1(O)C(=O)OCc2c1cc1n(c2=O)Cc2c-1nc1cc(F)c(C)c3c1c2[C@](C)(COCNC(=O)CNC(=O)[C@H](Cc1ccccc1)NC(=O)CNC(=O)CNC(=O)CCc1ccc(N2C(=O)C=CC2O)cc1)CC3. The zero-order chi connectivity index (χ0) is 54.1. The van der Waals surface area contributed by atoms with E-state index in [9.17, 15) is 48.6 Å². The molecule has 4 aliphatic rings. The summed E-state index contributed by atoms with van der Waals surface area (Å²) < 4.78 is 28.4. The van der Waals surface area contributed by atoms with Gasteiger partial charge in [-0.05, 0) is 84.7 Å². The van der Waals surface area contributed by atoms with E-state index in [0.717, 1.165) is 27.6 Å². The number of benzene rings is 3. The van der Waals surface area contributed by atoms with E-state index in [1.54, 1.807) is 74.5 Å². The molecule has 5 heterocycles. The van der Waals surface area contributed by atoms with E-state index >= 15 is 4.39 Å². The summed E-state index contributed by atoms with van der Waals surface area (Å²) in [6.45, 7) is 3.60. The standard InChI is InChI=1S/C55H57FN8O12/c1-4-55(74)37-21-41-50-35(26-63(41)52(72)36(37)27-76-53(55)73)49-48-34(30(2)38(56)22-39(48)62-50)18-19-54(49,3)28-75-29-60-44(67)24-59-51(71)40(20-32-8-6-5-7-9-32)61-45(68)25-58-43(66)23-57-42(65)15-12-31-10-13-33(14-11-31)64-46(69)16-17-47(64)70/h5-11,13-14,16-17,21-22,40,46,69,74H,4,12,15,18-20,23-29H2,1-3H3,(H,57,65)(H,58,66)(H,59,71)(H,60,67)(H,61,68)/t40-,46?,54-,55-/m0/s1. The van der Waals surface area contributed by atoms with Crippen LogP contribution in [0.4, 0.5) is 10.1 Å². The molecule has 76 heavy (non-hydrogen) atoms. The molecule has 6 amide bonds. The summed E-state index contributed by atoms with van der Waals surface area (Å²) in [6, 6.07) is 17.5. The van der Waals surface area contributed by atoms with Crippen LogP contribution < -0.4 is 37.0 Å². The molecule has 3 aliphatic heterocycles. The maximum atomic E-state index is 15.5. The Kier molecular flexibility index (Phi) is 15.0. The van der Waals surface area contributed by atoms with Crippen LogP contribution in [0.1, 0.15) is 77.6 Å². The average molecular weight is 1040 g/mol. The summed E-state index contributed by atoms with van der Waals surface area (Å²) in [5, 5.41) is 34.9. The molecule has 0 saturated heterocycles. The Bertz CT molecular complexity index is 3290. The smallest absolute Gasteiger partial charge is 0.343 e. The fourth-order valence-electron chi connectivity index (χ4n) is 10.4. The first kappa shape index (κ1) is 52.7. The highest BCUT2D eigenvalue weighted by Gasteiger charge is 2.47. The quantitative estimate of drug-likeness (QED) is 0.0347. The van der Waals surface area contributed by atoms with Gasteiger partial charge in [0, 0.05) is 52.6 Å². The number of ether oxygens (including phenoxy) is 2. The predicted octanol–water partition coefficient (Wildman–Crippen LogP) is 1.75. The third kappa shape index (κ3) is 10.4. The number of fused-ring (bicyclic) bond motifs is 5. The normalized spacial score (nSPS) is 19.3. The maximum absolute atomic E-state index is 15.5. The summed E-state index contributed by atoms with van der Waals surface area (Å²) >= 11 is 0. The van der Waals surface area contributed by atoms with Gasteiger partial charge in [0.15, 0.2) is 11.8 Å². The van der Waals surface area contributed by atoms with Gasteiger partial charge in [-0.15, -0.1) is 0 Å². The van der Waals surface area contributed by atoms with E-state index < -0.39 is 89.8 Å². The highest BCUT2D eigenvalue weighted by molar-refractivity contribution is 6.04. The lowest BCUT2D eigenvalue weighted by molar-refractivity contribution is -0.172. The van der Waals surface area contributed by atoms with Gasteiger partial charge in [0.2, 0.25) is 29.5 Å². The molecule has 1 unspecified atom stereocenters. The Hall–Kier alpha value is -8.14. The summed E-state index contributed by atoms with van der Waals surface area (Å²) in [5.74, 6) is -4.64. The number of hydrogen-bond donors (Lipinski definition) is 7. The van der Waals surface area contributed by atoms with Gasteiger partial charge in [-0.2, -0.15) is 0 Å². The van der Waals surface area contributed by atoms with Gasteiger partial charge in [0.25, 0.3) is 11.5 Å². The number of aromatic nitrogens is 2. The number of aliphatic hydroxyl groups excluding tert-OH is 1. The van der Waals surface area contributed by atoms with Gasteiger partial charge in [-0.1, -0.05) is 56.3 Å². The number of amides is 6. The molecule has 7 N–H and O–H groups in total. The molecule has 20 nitrogen and oxygen atoms in total. The molecule has 4 atom stereocenters. The zero-order valence-corrected chi connectivity index (χ0v) is 42.0. The molecular weight excluding hydrogens is 984 g/mol. The van der Waals surface area contributed by atoms with Crippen LogP contribution in [0, 0.1) is 12.7 Å². The first-order valence-corrected chi connectivity index (χ1v) is 25.0.